The number of carbonyl (C=O) groups is 2. The molecule has 0 aliphatic heterocycles. The fraction of sp³-hybridized carbons (Fsp3) is 0.440. The molecule has 0 radical (unpaired) electrons. The zero-order valence-corrected chi connectivity index (χ0v) is 22.6. The quantitative estimate of drug-likeness (QED) is 0.517. The molecule has 0 aliphatic carbocycles. The molecule has 9 nitrogen and oxygen atoms in total. The van der Waals surface area contributed by atoms with Crippen LogP contribution < -0.4 is 14.4 Å². The molecular weight excluding hydrogens is 487 g/mol. The van der Waals surface area contributed by atoms with E-state index in [1.807, 2.05) is 20.8 Å². The summed E-state index contributed by atoms with van der Waals surface area (Å²) < 4.78 is 46.8. The van der Waals surface area contributed by atoms with E-state index in [-0.39, 0.29) is 18.1 Å². The number of nitrogens with one attached hydrogen (secondary N) is 1. The lowest BCUT2D eigenvalue weighted by Gasteiger charge is -2.34. The van der Waals surface area contributed by atoms with Crippen LogP contribution in [-0.2, 0) is 26.3 Å². The Hall–Kier alpha value is -3.18. The minimum Gasteiger partial charge on any atom is -0.497 e. The largest absolute Gasteiger partial charge is 0.497 e. The van der Waals surface area contributed by atoms with Crippen LogP contribution in [0.3, 0.4) is 0 Å². The van der Waals surface area contributed by atoms with Crippen LogP contribution in [0.25, 0.3) is 0 Å². The van der Waals surface area contributed by atoms with Gasteiger partial charge in [-0.3, -0.25) is 9.59 Å². The van der Waals surface area contributed by atoms with E-state index in [0.717, 1.165) is 20.7 Å². The summed E-state index contributed by atoms with van der Waals surface area (Å²) in [6.07, 6.45) is 0. The number of methoxy groups -OCH3 is 1. The number of amides is 2. The first-order valence-electron chi connectivity index (χ1n) is 11.4. The van der Waals surface area contributed by atoms with Crippen molar-refractivity contribution in [2.75, 3.05) is 32.1 Å². The van der Waals surface area contributed by atoms with Crippen LogP contribution in [-0.4, -0.2) is 68.8 Å². The van der Waals surface area contributed by atoms with Gasteiger partial charge in [0, 0.05) is 26.2 Å². The smallest absolute Gasteiger partial charge is 0.304 e. The summed E-state index contributed by atoms with van der Waals surface area (Å²) in [5.41, 5.74) is 0.276. The maximum absolute atomic E-state index is 13.6. The van der Waals surface area contributed by atoms with Crippen LogP contribution in [0.2, 0.25) is 0 Å². The van der Waals surface area contributed by atoms with E-state index < -0.39 is 40.1 Å². The average molecular weight is 523 g/mol. The third kappa shape index (κ3) is 7.66. The van der Waals surface area contributed by atoms with Gasteiger partial charge in [-0.15, -0.1) is 0 Å². The Morgan fingerprint density at radius 2 is 1.69 bits per heavy atom. The van der Waals surface area contributed by atoms with E-state index in [0.29, 0.717) is 11.3 Å². The van der Waals surface area contributed by atoms with Crippen molar-refractivity contribution >= 4 is 27.7 Å². The number of rotatable bonds is 10. The van der Waals surface area contributed by atoms with Crippen LogP contribution >= 0.6 is 0 Å². The standard InChI is InChI=1S/C25H35FN4O5S/c1-18(24(32)27-25(2,3)4)29(16-19-9-8-10-22(15-19)35-7)23(31)17-30(36(33,34)28(5)6)21-13-11-20(26)12-14-21/h8-15,18H,16-17H2,1-7H3,(H,27,32). The summed E-state index contributed by atoms with van der Waals surface area (Å²) in [7, 11) is 0.0805. The van der Waals surface area contributed by atoms with Crippen LogP contribution in [0.4, 0.5) is 10.1 Å². The van der Waals surface area contributed by atoms with Crippen molar-refractivity contribution in [3.63, 3.8) is 0 Å². The lowest BCUT2D eigenvalue weighted by atomic mass is 10.1. The zero-order chi connectivity index (χ0) is 27.3. The minimum absolute atomic E-state index is 0.0357. The van der Waals surface area contributed by atoms with Gasteiger partial charge in [0.25, 0.3) is 0 Å². The first kappa shape index (κ1) is 29.1. The Balaban J connectivity index is 2.48. The number of halogens is 1. The van der Waals surface area contributed by atoms with E-state index in [1.165, 1.54) is 38.2 Å². The lowest BCUT2D eigenvalue weighted by Crippen LogP contribution is -2.54. The molecule has 198 valence electrons. The molecule has 0 heterocycles. The molecule has 1 unspecified atom stereocenters. The van der Waals surface area contributed by atoms with E-state index in [2.05, 4.69) is 5.32 Å². The van der Waals surface area contributed by atoms with E-state index in [4.69, 9.17) is 4.74 Å². The number of benzene rings is 2. The Morgan fingerprint density at radius 1 is 1.08 bits per heavy atom. The Morgan fingerprint density at radius 3 is 2.22 bits per heavy atom. The topological polar surface area (TPSA) is 99.3 Å². The Kier molecular flexibility index (Phi) is 9.44. The van der Waals surface area contributed by atoms with Crippen molar-refractivity contribution in [3.05, 3.63) is 59.9 Å². The van der Waals surface area contributed by atoms with Crippen molar-refractivity contribution in [2.24, 2.45) is 0 Å². The molecule has 0 aliphatic rings. The predicted molar refractivity (Wildman–Crippen MR) is 137 cm³/mol. The molecule has 0 fully saturated rings. The highest BCUT2D eigenvalue weighted by Gasteiger charge is 2.33. The van der Waals surface area contributed by atoms with Gasteiger partial charge in [0.2, 0.25) is 11.8 Å². The van der Waals surface area contributed by atoms with Gasteiger partial charge in [0.15, 0.2) is 0 Å². The second kappa shape index (κ2) is 11.7. The Labute approximate surface area is 213 Å². The third-order valence-electron chi connectivity index (χ3n) is 5.29. The first-order chi connectivity index (χ1) is 16.7. The normalized spacial score (nSPS) is 12.7. The van der Waals surface area contributed by atoms with Crippen molar-refractivity contribution < 1.29 is 27.1 Å². The van der Waals surface area contributed by atoms with Gasteiger partial charge in [0.1, 0.15) is 24.2 Å². The number of carbonyl (C=O) groups excluding carboxylic acids is 2. The highest BCUT2D eigenvalue weighted by molar-refractivity contribution is 7.90. The molecule has 2 rings (SSSR count). The van der Waals surface area contributed by atoms with E-state index in [1.54, 1.807) is 31.2 Å². The fourth-order valence-corrected chi connectivity index (χ4v) is 4.40. The number of ether oxygens (including phenoxy) is 1. The zero-order valence-electron chi connectivity index (χ0n) is 21.8. The summed E-state index contributed by atoms with van der Waals surface area (Å²) in [6.45, 7) is 6.50. The molecule has 36 heavy (non-hydrogen) atoms. The molecule has 11 heteroatoms. The van der Waals surface area contributed by atoms with Crippen molar-refractivity contribution in [3.8, 4) is 5.75 Å². The van der Waals surface area contributed by atoms with Gasteiger partial charge in [-0.25, -0.2) is 8.70 Å². The molecule has 2 aromatic carbocycles. The number of hydrogen-bond acceptors (Lipinski definition) is 5. The van der Waals surface area contributed by atoms with Crippen molar-refractivity contribution in [1.82, 2.24) is 14.5 Å². The molecule has 0 saturated heterocycles. The fourth-order valence-electron chi connectivity index (χ4n) is 3.35. The Bertz CT molecular complexity index is 1160. The molecule has 0 aromatic heterocycles. The maximum atomic E-state index is 13.6. The van der Waals surface area contributed by atoms with E-state index >= 15 is 0 Å². The van der Waals surface area contributed by atoms with Gasteiger partial charge in [0.05, 0.1) is 12.8 Å². The van der Waals surface area contributed by atoms with Crippen LogP contribution in [0, 0.1) is 5.82 Å². The van der Waals surface area contributed by atoms with Gasteiger partial charge >= 0.3 is 10.2 Å². The third-order valence-corrected chi connectivity index (χ3v) is 7.11. The molecule has 0 bridgehead atoms. The summed E-state index contributed by atoms with van der Waals surface area (Å²) >= 11 is 0. The average Bonchev–Trinajstić information content (AvgIpc) is 2.80. The second-order valence-corrected chi connectivity index (χ2v) is 11.6. The maximum Gasteiger partial charge on any atom is 0.304 e. The number of hydrogen-bond donors (Lipinski definition) is 1. The monoisotopic (exact) mass is 522 g/mol. The molecular formula is C25H35FN4O5S. The molecule has 1 atom stereocenters. The summed E-state index contributed by atoms with van der Waals surface area (Å²) in [5.74, 6) is -0.958. The van der Waals surface area contributed by atoms with Crippen molar-refractivity contribution in [1.29, 1.82) is 0 Å². The van der Waals surface area contributed by atoms with Gasteiger partial charge in [-0.2, -0.15) is 12.7 Å². The SMILES string of the molecule is COc1cccc(CN(C(=O)CN(c2ccc(F)cc2)S(=O)(=O)N(C)C)C(C)C(=O)NC(C)(C)C)c1. The lowest BCUT2D eigenvalue weighted by molar-refractivity contribution is -0.140. The van der Waals surface area contributed by atoms with Gasteiger partial charge < -0.3 is 15.0 Å². The predicted octanol–water partition coefficient (Wildman–Crippen LogP) is 2.78. The number of nitrogens with zero attached hydrogens (tertiary/aromatic N) is 3. The highest BCUT2D eigenvalue weighted by Crippen LogP contribution is 2.22. The molecule has 0 spiro atoms. The van der Waals surface area contributed by atoms with Gasteiger partial charge in [-0.05, 0) is 69.7 Å². The summed E-state index contributed by atoms with van der Waals surface area (Å²) in [5, 5.41) is 2.86. The minimum atomic E-state index is -4.12. The van der Waals surface area contributed by atoms with Crippen molar-refractivity contribution in [2.45, 2.75) is 45.8 Å². The first-order valence-corrected chi connectivity index (χ1v) is 12.8. The van der Waals surface area contributed by atoms with Crippen LogP contribution in [0.15, 0.2) is 48.5 Å². The molecule has 0 saturated carbocycles. The van der Waals surface area contributed by atoms with Crippen LogP contribution in [0.5, 0.6) is 5.75 Å². The molecule has 2 aromatic rings. The van der Waals surface area contributed by atoms with Gasteiger partial charge in [-0.1, -0.05) is 12.1 Å². The second-order valence-electron chi connectivity index (χ2n) is 9.56. The van der Waals surface area contributed by atoms with E-state index in [9.17, 15) is 22.4 Å². The molecule has 2 amide bonds. The summed E-state index contributed by atoms with van der Waals surface area (Å²) in [6, 6.07) is 10.9. The van der Waals surface area contributed by atoms with Crippen LogP contribution in [0.1, 0.15) is 33.3 Å². The highest BCUT2D eigenvalue weighted by atomic mass is 32.2. The molecule has 1 N–H and O–H groups in total. The number of anilines is 1. The summed E-state index contributed by atoms with van der Waals surface area (Å²) in [4.78, 5) is 28.0.